The quantitative estimate of drug-likeness (QED) is 0.904. The maximum Gasteiger partial charge on any atom is 0.245 e. The Balaban J connectivity index is 1.68. The van der Waals surface area contributed by atoms with Crippen LogP contribution < -0.4 is 5.32 Å². The van der Waals surface area contributed by atoms with Gasteiger partial charge in [0.1, 0.15) is 6.04 Å². The lowest BCUT2D eigenvalue weighted by molar-refractivity contribution is -0.133. The third-order valence-corrected chi connectivity index (χ3v) is 3.93. The molecule has 5 nitrogen and oxygen atoms in total. The van der Waals surface area contributed by atoms with Crippen LogP contribution in [0.2, 0.25) is 0 Å². The van der Waals surface area contributed by atoms with Gasteiger partial charge >= 0.3 is 0 Å². The Morgan fingerprint density at radius 2 is 2.24 bits per heavy atom. The fraction of sp³-hybridized carbons (Fsp3) is 0.375. The van der Waals surface area contributed by atoms with Crippen molar-refractivity contribution in [3.63, 3.8) is 0 Å². The molecule has 0 radical (unpaired) electrons. The van der Waals surface area contributed by atoms with Crippen LogP contribution in [0.15, 0.2) is 36.5 Å². The van der Waals surface area contributed by atoms with Gasteiger partial charge in [0.05, 0.1) is 6.20 Å². The van der Waals surface area contributed by atoms with E-state index in [4.69, 9.17) is 0 Å². The van der Waals surface area contributed by atoms with Crippen LogP contribution in [-0.2, 0) is 17.8 Å². The molecule has 110 valence electrons. The number of para-hydroxylation sites is 1. The number of carbonyl (C=O) groups excluding carboxylic acids is 1. The number of nitrogens with one attached hydrogen (secondary N) is 2. The number of rotatable bonds is 4. The molecule has 1 aliphatic heterocycles. The molecule has 1 amide bonds. The molecule has 0 saturated heterocycles. The van der Waals surface area contributed by atoms with E-state index in [0.717, 1.165) is 36.3 Å². The van der Waals surface area contributed by atoms with Crippen LogP contribution in [-0.4, -0.2) is 33.6 Å². The molecule has 1 aromatic heterocycles. The zero-order valence-corrected chi connectivity index (χ0v) is 12.2. The maximum atomic E-state index is 12.7. The normalized spacial score (nSPS) is 15.4. The monoisotopic (exact) mass is 284 g/mol. The number of hydrogen-bond acceptors (Lipinski definition) is 3. The molecule has 5 heteroatoms. The molecule has 0 spiro atoms. The number of benzene rings is 1. The van der Waals surface area contributed by atoms with E-state index in [0.29, 0.717) is 6.54 Å². The highest BCUT2D eigenvalue weighted by Gasteiger charge is 2.26. The van der Waals surface area contributed by atoms with E-state index in [1.165, 1.54) is 0 Å². The van der Waals surface area contributed by atoms with E-state index in [2.05, 4.69) is 15.5 Å². The molecule has 0 saturated carbocycles. The minimum atomic E-state index is -0.180. The Hall–Kier alpha value is -2.30. The lowest BCUT2D eigenvalue weighted by Crippen LogP contribution is -2.44. The predicted molar refractivity (Wildman–Crippen MR) is 81.9 cm³/mol. The zero-order chi connectivity index (χ0) is 14.7. The van der Waals surface area contributed by atoms with Gasteiger partial charge in [-0.2, -0.15) is 5.10 Å². The van der Waals surface area contributed by atoms with Crippen LogP contribution in [0.25, 0.3) is 0 Å². The largest absolute Gasteiger partial charge is 0.374 e. The fourth-order valence-corrected chi connectivity index (χ4v) is 2.70. The number of fused-ring (bicyclic) bond motifs is 1. The highest BCUT2D eigenvalue weighted by Crippen LogP contribution is 2.18. The van der Waals surface area contributed by atoms with Gasteiger partial charge < -0.3 is 10.2 Å². The van der Waals surface area contributed by atoms with Gasteiger partial charge in [-0.05, 0) is 18.6 Å². The second-order valence-electron chi connectivity index (χ2n) is 5.35. The van der Waals surface area contributed by atoms with Gasteiger partial charge in [-0.25, -0.2) is 0 Å². The van der Waals surface area contributed by atoms with Crippen LogP contribution in [0.1, 0.15) is 24.6 Å². The van der Waals surface area contributed by atoms with Gasteiger partial charge in [0, 0.05) is 36.5 Å². The lowest BCUT2D eigenvalue weighted by Gasteiger charge is -2.30. The Bertz CT molecular complexity index is 608. The predicted octanol–water partition coefficient (Wildman–Crippen LogP) is 2.19. The van der Waals surface area contributed by atoms with Gasteiger partial charge in [0.2, 0.25) is 5.91 Å². The summed E-state index contributed by atoms with van der Waals surface area (Å²) >= 11 is 0. The Morgan fingerprint density at radius 1 is 1.43 bits per heavy atom. The van der Waals surface area contributed by atoms with E-state index < -0.39 is 0 Å². The van der Waals surface area contributed by atoms with Gasteiger partial charge in [0.15, 0.2) is 0 Å². The van der Waals surface area contributed by atoms with Crippen molar-refractivity contribution in [3.05, 3.63) is 47.8 Å². The van der Waals surface area contributed by atoms with Crippen molar-refractivity contribution in [2.24, 2.45) is 0 Å². The average molecular weight is 284 g/mol. The summed E-state index contributed by atoms with van der Waals surface area (Å²) < 4.78 is 0. The van der Waals surface area contributed by atoms with Crippen LogP contribution in [0.5, 0.6) is 0 Å². The highest BCUT2D eigenvalue weighted by molar-refractivity contribution is 5.84. The maximum absolute atomic E-state index is 12.7. The molecule has 0 unspecified atom stereocenters. The lowest BCUT2D eigenvalue weighted by atomic mass is 10.1. The summed E-state index contributed by atoms with van der Waals surface area (Å²) in [7, 11) is 0. The SMILES string of the molecule is CC[C@@H](Nc1ccccc1)C(=O)N1CCc2[nH]ncc2C1. The Morgan fingerprint density at radius 3 is 3.00 bits per heavy atom. The minimum absolute atomic E-state index is 0.160. The molecule has 1 atom stereocenters. The van der Waals surface area contributed by atoms with Gasteiger partial charge in [-0.1, -0.05) is 25.1 Å². The first-order valence-electron chi connectivity index (χ1n) is 7.39. The third kappa shape index (κ3) is 2.91. The summed E-state index contributed by atoms with van der Waals surface area (Å²) in [5.74, 6) is 0.160. The summed E-state index contributed by atoms with van der Waals surface area (Å²) in [5, 5.41) is 10.4. The van der Waals surface area contributed by atoms with Crippen molar-refractivity contribution in [1.82, 2.24) is 15.1 Å². The van der Waals surface area contributed by atoms with E-state index in [1.54, 1.807) is 0 Å². The van der Waals surface area contributed by atoms with Crippen molar-refractivity contribution >= 4 is 11.6 Å². The summed E-state index contributed by atoms with van der Waals surface area (Å²) in [6.07, 6.45) is 3.44. The van der Waals surface area contributed by atoms with Crippen molar-refractivity contribution in [1.29, 1.82) is 0 Å². The molecule has 0 aliphatic carbocycles. The standard InChI is InChI=1S/C16H20N4O/c1-2-14(18-13-6-4-3-5-7-13)16(21)20-9-8-15-12(11-20)10-17-19-15/h3-7,10,14,18H,2,8-9,11H2,1H3,(H,17,19)/t14-/m1/s1. The molecule has 3 rings (SSSR count). The zero-order valence-electron chi connectivity index (χ0n) is 12.2. The van der Waals surface area contributed by atoms with E-state index >= 15 is 0 Å². The van der Waals surface area contributed by atoms with Gasteiger partial charge in [-0.3, -0.25) is 9.89 Å². The molecular formula is C16H20N4O. The van der Waals surface area contributed by atoms with Crippen LogP contribution in [0.4, 0.5) is 5.69 Å². The first-order valence-corrected chi connectivity index (χ1v) is 7.39. The van der Waals surface area contributed by atoms with E-state index in [1.807, 2.05) is 48.4 Å². The number of H-pyrrole nitrogens is 1. The topological polar surface area (TPSA) is 61.0 Å². The number of carbonyl (C=O) groups is 1. The van der Waals surface area contributed by atoms with E-state index in [9.17, 15) is 4.79 Å². The molecule has 0 bridgehead atoms. The molecule has 0 fully saturated rings. The van der Waals surface area contributed by atoms with Gasteiger partial charge in [-0.15, -0.1) is 0 Å². The van der Waals surface area contributed by atoms with Crippen molar-refractivity contribution in [2.75, 3.05) is 11.9 Å². The number of aromatic amines is 1. The molecule has 21 heavy (non-hydrogen) atoms. The third-order valence-electron chi connectivity index (χ3n) is 3.93. The number of aromatic nitrogens is 2. The molecule has 1 aliphatic rings. The molecule has 2 aromatic rings. The second kappa shape index (κ2) is 5.99. The second-order valence-corrected chi connectivity index (χ2v) is 5.35. The summed E-state index contributed by atoms with van der Waals surface area (Å²) in [6.45, 7) is 3.43. The number of nitrogens with zero attached hydrogens (tertiary/aromatic N) is 2. The van der Waals surface area contributed by atoms with Crippen molar-refractivity contribution in [3.8, 4) is 0 Å². The van der Waals surface area contributed by atoms with Crippen LogP contribution in [0.3, 0.4) is 0 Å². The van der Waals surface area contributed by atoms with Crippen LogP contribution in [0, 0.1) is 0 Å². The summed E-state index contributed by atoms with van der Waals surface area (Å²) in [5.41, 5.74) is 3.27. The minimum Gasteiger partial charge on any atom is -0.374 e. The van der Waals surface area contributed by atoms with E-state index in [-0.39, 0.29) is 11.9 Å². The van der Waals surface area contributed by atoms with Gasteiger partial charge in [0.25, 0.3) is 0 Å². The number of hydrogen-bond donors (Lipinski definition) is 2. The highest BCUT2D eigenvalue weighted by atomic mass is 16.2. The molecular weight excluding hydrogens is 264 g/mol. The number of anilines is 1. The average Bonchev–Trinajstić information content (AvgIpc) is 3.00. The van der Waals surface area contributed by atoms with Crippen LogP contribution >= 0.6 is 0 Å². The smallest absolute Gasteiger partial charge is 0.245 e. The Kier molecular flexibility index (Phi) is 3.90. The molecule has 1 aromatic carbocycles. The summed E-state index contributed by atoms with van der Waals surface area (Å²) in [6, 6.07) is 9.71. The molecule has 2 N–H and O–H groups in total. The first-order chi connectivity index (χ1) is 10.3. The Labute approximate surface area is 124 Å². The van der Waals surface area contributed by atoms with Crippen molar-refractivity contribution in [2.45, 2.75) is 32.4 Å². The fourth-order valence-electron chi connectivity index (χ4n) is 2.70. The van der Waals surface area contributed by atoms with Crippen molar-refractivity contribution < 1.29 is 4.79 Å². The first kappa shape index (κ1) is 13.7. The summed E-state index contributed by atoms with van der Waals surface area (Å²) in [4.78, 5) is 14.6. The number of amides is 1. The molecule has 2 heterocycles.